The first-order valence-corrected chi connectivity index (χ1v) is 5.73. The zero-order valence-corrected chi connectivity index (χ0v) is 10.7. The van der Waals surface area contributed by atoms with Gasteiger partial charge >= 0.3 is 0 Å². The Kier molecular flexibility index (Phi) is 4.90. The number of nitrogens with one attached hydrogen (secondary N) is 1. The average Bonchev–Trinajstić information content (AvgIpc) is 2.29. The molecule has 0 saturated carbocycles. The highest BCUT2D eigenvalue weighted by atomic mass is 32.1. The Balaban J connectivity index is 2.76. The summed E-state index contributed by atoms with van der Waals surface area (Å²) in [7, 11) is 1.57. The predicted molar refractivity (Wildman–Crippen MR) is 72.2 cm³/mol. The fourth-order valence-electron chi connectivity index (χ4n) is 1.45. The summed E-state index contributed by atoms with van der Waals surface area (Å²) in [5, 5.41) is 2.76. The first-order valence-electron chi connectivity index (χ1n) is 5.32. The van der Waals surface area contributed by atoms with Gasteiger partial charge < -0.3 is 15.8 Å². The highest BCUT2D eigenvalue weighted by Gasteiger charge is 2.19. The minimum absolute atomic E-state index is 0.187. The minimum atomic E-state index is -0.434. The number of nitrogens with two attached hydrogens (primary N) is 1. The number of ether oxygens (including phenoxy) is 1. The fraction of sp³-hybridized carbons (Fsp3) is 0.333. The van der Waals surface area contributed by atoms with Crippen LogP contribution < -0.4 is 15.8 Å². The Bertz CT molecular complexity index is 421. The van der Waals surface area contributed by atoms with Crippen LogP contribution in [0, 0.1) is 5.92 Å². The molecule has 1 amide bonds. The molecule has 0 aliphatic carbocycles. The highest BCUT2D eigenvalue weighted by molar-refractivity contribution is 7.80. The minimum Gasteiger partial charge on any atom is -0.497 e. The molecule has 0 bridgehead atoms. The molecule has 0 aliphatic rings. The van der Waals surface area contributed by atoms with E-state index in [4.69, 9.17) is 22.7 Å². The van der Waals surface area contributed by atoms with Crippen molar-refractivity contribution in [3.8, 4) is 5.75 Å². The van der Waals surface area contributed by atoms with Crippen LogP contribution in [0.5, 0.6) is 5.75 Å². The largest absolute Gasteiger partial charge is 0.497 e. The summed E-state index contributed by atoms with van der Waals surface area (Å²) in [6.07, 6.45) is 0.588. The molecule has 1 aromatic rings. The molecular weight excluding hydrogens is 236 g/mol. The van der Waals surface area contributed by atoms with Gasteiger partial charge in [-0.2, -0.15) is 0 Å². The van der Waals surface area contributed by atoms with Gasteiger partial charge in [0.1, 0.15) is 5.75 Å². The first kappa shape index (κ1) is 13.4. The molecule has 1 unspecified atom stereocenters. The van der Waals surface area contributed by atoms with E-state index in [1.807, 2.05) is 6.92 Å². The Hall–Kier alpha value is -1.62. The number of carbonyl (C=O) groups excluding carboxylic acids is 1. The Morgan fingerprint density at radius 2 is 2.29 bits per heavy atom. The third-order valence-corrected chi connectivity index (χ3v) is 2.69. The van der Waals surface area contributed by atoms with Gasteiger partial charge in [-0.1, -0.05) is 25.2 Å². The van der Waals surface area contributed by atoms with Gasteiger partial charge in [-0.05, 0) is 18.6 Å². The van der Waals surface area contributed by atoms with Gasteiger partial charge in [0.25, 0.3) is 0 Å². The summed E-state index contributed by atoms with van der Waals surface area (Å²) in [5.41, 5.74) is 6.17. The van der Waals surface area contributed by atoms with Crippen molar-refractivity contribution in [3.05, 3.63) is 24.3 Å². The molecule has 17 heavy (non-hydrogen) atoms. The molecule has 5 heteroatoms. The summed E-state index contributed by atoms with van der Waals surface area (Å²) >= 11 is 4.85. The molecule has 0 heterocycles. The molecule has 0 aromatic heterocycles. The molecule has 3 N–H and O–H groups in total. The molecule has 0 fully saturated rings. The first-order chi connectivity index (χ1) is 8.08. The Morgan fingerprint density at radius 3 is 2.82 bits per heavy atom. The lowest BCUT2D eigenvalue weighted by molar-refractivity contribution is -0.118. The number of hydrogen-bond acceptors (Lipinski definition) is 3. The molecule has 1 atom stereocenters. The number of hydrogen-bond donors (Lipinski definition) is 2. The number of methoxy groups -OCH3 is 1. The van der Waals surface area contributed by atoms with Gasteiger partial charge in [-0.3, -0.25) is 4.79 Å². The van der Waals surface area contributed by atoms with Gasteiger partial charge in [-0.25, -0.2) is 0 Å². The lowest BCUT2D eigenvalue weighted by Gasteiger charge is -2.13. The summed E-state index contributed by atoms with van der Waals surface area (Å²) in [5.74, 6) is 0.0654. The third kappa shape index (κ3) is 3.71. The molecule has 4 nitrogen and oxygen atoms in total. The Labute approximate surface area is 106 Å². The van der Waals surface area contributed by atoms with Gasteiger partial charge in [0.15, 0.2) is 0 Å². The second-order valence-corrected chi connectivity index (χ2v) is 4.06. The maximum Gasteiger partial charge on any atom is 0.234 e. The van der Waals surface area contributed by atoms with Crippen molar-refractivity contribution in [2.75, 3.05) is 12.4 Å². The molecule has 0 aliphatic heterocycles. The number of rotatable bonds is 5. The van der Waals surface area contributed by atoms with Crippen LogP contribution >= 0.6 is 12.2 Å². The van der Waals surface area contributed by atoms with Crippen molar-refractivity contribution >= 4 is 28.8 Å². The quantitative estimate of drug-likeness (QED) is 0.786. The molecular formula is C12H16N2O2S. The second-order valence-electron chi connectivity index (χ2n) is 3.58. The summed E-state index contributed by atoms with van der Waals surface area (Å²) in [6, 6.07) is 7.13. The average molecular weight is 252 g/mol. The maximum atomic E-state index is 11.9. The van der Waals surface area contributed by atoms with Crippen molar-refractivity contribution in [3.63, 3.8) is 0 Å². The highest BCUT2D eigenvalue weighted by Crippen LogP contribution is 2.18. The molecule has 0 saturated heterocycles. The zero-order valence-electron chi connectivity index (χ0n) is 9.90. The van der Waals surface area contributed by atoms with Crippen LogP contribution in [0.25, 0.3) is 0 Å². The SMILES string of the molecule is CCC(C(=O)Nc1cccc(OC)c1)C(N)=S. The van der Waals surface area contributed by atoms with E-state index < -0.39 is 5.92 Å². The second kappa shape index (κ2) is 6.20. The number of carbonyl (C=O) groups is 1. The Morgan fingerprint density at radius 1 is 1.59 bits per heavy atom. The number of benzene rings is 1. The van der Waals surface area contributed by atoms with Crippen molar-refractivity contribution in [2.24, 2.45) is 11.7 Å². The van der Waals surface area contributed by atoms with E-state index in [2.05, 4.69) is 5.32 Å². The van der Waals surface area contributed by atoms with Gasteiger partial charge in [0.05, 0.1) is 18.0 Å². The van der Waals surface area contributed by atoms with Gasteiger partial charge in [0, 0.05) is 11.8 Å². The number of anilines is 1. The summed E-state index contributed by atoms with van der Waals surface area (Å²) in [6.45, 7) is 1.87. The lowest BCUT2D eigenvalue weighted by atomic mass is 10.1. The fourth-order valence-corrected chi connectivity index (χ4v) is 1.72. The van der Waals surface area contributed by atoms with E-state index in [1.165, 1.54) is 0 Å². The van der Waals surface area contributed by atoms with Crippen LogP contribution in [-0.4, -0.2) is 18.0 Å². The maximum absolute atomic E-state index is 11.9. The van der Waals surface area contributed by atoms with E-state index in [-0.39, 0.29) is 10.9 Å². The molecule has 1 aromatic carbocycles. The molecule has 92 valence electrons. The van der Waals surface area contributed by atoms with Crippen LogP contribution in [-0.2, 0) is 4.79 Å². The lowest BCUT2D eigenvalue weighted by Crippen LogP contribution is -2.32. The summed E-state index contributed by atoms with van der Waals surface area (Å²) in [4.78, 5) is 12.1. The van der Waals surface area contributed by atoms with E-state index in [0.717, 1.165) is 0 Å². The topological polar surface area (TPSA) is 64.3 Å². The van der Waals surface area contributed by atoms with Crippen molar-refractivity contribution in [1.82, 2.24) is 0 Å². The van der Waals surface area contributed by atoms with E-state index in [1.54, 1.807) is 31.4 Å². The zero-order chi connectivity index (χ0) is 12.8. The predicted octanol–water partition coefficient (Wildman–Crippen LogP) is 1.95. The van der Waals surface area contributed by atoms with E-state index >= 15 is 0 Å². The molecule has 1 rings (SSSR count). The number of thiocarbonyl (C=S) groups is 1. The molecule has 0 spiro atoms. The van der Waals surface area contributed by atoms with Crippen LogP contribution in [0.15, 0.2) is 24.3 Å². The monoisotopic (exact) mass is 252 g/mol. The van der Waals surface area contributed by atoms with Crippen molar-refractivity contribution in [2.45, 2.75) is 13.3 Å². The smallest absolute Gasteiger partial charge is 0.234 e. The standard InChI is InChI=1S/C12H16N2O2S/c1-3-10(11(13)17)12(15)14-8-5-4-6-9(7-8)16-2/h4-7,10H,3H2,1-2H3,(H2,13,17)(H,14,15). The van der Waals surface area contributed by atoms with Crippen LogP contribution in [0.1, 0.15) is 13.3 Å². The van der Waals surface area contributed by atoms with Gasteiger partial charge in [-0.15, -0.1) is 0 Å². The van der Waals surface area contributed by atoms with Crippen LogP contribution in [0.4, 0.5) is 5.69 Å². The van der Waals surface area contributed by atoms with Crippen LogP contribution in [0.3, 0.4) is 0 Å². The normalized spacial score (nSPS) is 11.6. The van der Waals surface area contributed by atoms with Crippen molar-refractivity contribution in [1.29, 1.82) is 0 Å². The summed E-state index contributed by atoms with van der Waals surface area (Å²) < 4.78 is 5.07. The third-order valence-electron chi connectivity index (χ3n) is 2.41. The van der Waals surface area contributed by atoms with Crippen molar-refractivity contribution < 1.29 is 9.53 Å². The molecule has 0 radical (unpaired) electrons. The van der Waals surface area contributed by atoms with E-state index in [9.17, 15) is 4.79 Å². The van der Waals surface area contributed by atoms with Gasteiger partial charge in [0.2, 0.25) is 5.91 Å². The van der Waals surface area contributed by atoms with Crippen LogP contribution in [0.2, 0.25) is 0 Å². The number of amides is 1. The van der Waals surface area contributed by atoms with E-state index in [0.29, 0.717) is 17.9 Å².